The van der Waals surface area contributed by atoms with Crippen molar-refractivity contribution in [2.75, 3.05) is 19.6 Å². The Balaban J connectivity index is 1.70. The molecule has 0 spiro atoms. The van der Waals surface area contributed by atoms with Gasteiger partial charge < -0.3 is 4.90 Å². The lowest BCUT2D eigenvalue weighted by Gasteiger charge is -2.31. The van der Waals surface area contributed by atoms with Gasteiger partial charge in [0.1, 0.15) is 5.82 Å². The molecule has 0 radical (unpaired) electrons. The van der Waals surface area contributed by atoms with E-state index in [0.29, 0.717) is 5.30 Å². The van der Waals surface area contributed by atoms with Crippen LogP contribution in [0.25, 0.3) is 0 Å². The van der Waals surface area contributed by atoms with Crippen molar-refractivity contribution in [3.63, 3.8) is 0 Å². The minimum absolute atomic E-state index is 0.0139. The van der Waals surface area contributed by atoms with Gasteiger partial charge in [0.2, 0.25) is 9.84 Å². The monoisotopic (exact) mass is 435 g/mol. The summed E-state index contributed by atoms with van der Waals surface area (Å²) in [6, 6.07) is 9.12. The number of sulfone groups is 1. The number of hydrogen-bond donors (Lipinski definition) is 0. The molecular weight excluding hydrogens is 404 g/mol. The first-order valence-corrected chi connectivity index (χ1v) is 12.5. The van der Waals surface area contributed by atoms with E-state index in [0.717, 1.165) is 42.5 Å². The minimum Gasteiger partial charge on any atom is -0.304 e. The molecule has 1 aliphatic rings. The van der Waals surface area contributed by atoms with Gasteiger partial charge in [0, 0.05) is 0 Å². The lowest BCUT2D eigenvalue weighted by atomic mass is 9.90. The van der Waals surface area contributed by atoms with Crippen LogP contribution in [0.2, 0.25) is 0 Å². The average Bonchev–Trinajstić information content (AvgIpc) is 2.71. The van der Waals surface area contributed by atoms with E-state index >= 15 is 0 Å². The van der Waals surface area contributed by atoms with Crippen molar-refractivity contribution >= 4 is 24.4 Å². The van der Waals surface area contributed by atoms with Crippen molar-refractivity contribution in [2.24, 2.45) is 5.92 Å². The Labute approximate surface area is 176 Å². The zero-order valence-electron chi connectivity index (χ0n) is 17.3. The summed E-state index contributed by atoms with van der Waals surface area (Å²) in [6.07, 6.45) is 5.65. The van der Waals surface area contributed by atoms with E-state index in [4.69, 9.17) is 0 Å². The third-order valence-electron chi connectivity index (χ3n) is 6.11. The van der Waals surface area contributed by atoms with Crippen LogP contribution < -0.4 is 5.30 Å². The summed E-state index contributed by atoms with van der Waals surface area (Å²) >= 11 is 0. The molecule has 3 rings (SSSR count). The molecule has 1 saturated heterocycles. The second-order valence-electron chi connectivity index (χ2n) is 8.04. The summed E-state index contributed by atoms with van der Waals surface area (Å²) in [5.41, 5.74) is 2.17. The number of rotatable bonds is 7. The second kappa shape index (κ2) is 9.68. The van der Waals surface area contributed by atoms with Crippen molar-refractivity contribution in [3.05, 3.63) is 53.3 Å². The molecule has 1 fully saturated rings. The maximum atomic E-state index is 13.7. The van der Waals surface area contributed by atoms with Gasteiger partial charge in [-0.3, -0.25) is 0 Å². The highest BCUT2D eigenvalue weighted by molar-refractivity contribution is 7.92. The molecule has 0 aliphatic carbocycles. The Morgan fingerprint density at radius 3 is 2.55 bits per heavy atom. The highest BCUT2D eigenvalue weighted by atomic mass is 32.2. The van der Waals surface area contributed by atoms with Gasteiger partial charge in [-0.25, -0.2) is 12.8 Å². The quantitative estimate of drug-likeness (QED) is 0.600. The van der Waals surface area contributed by atoms with Crippen LogP contribution in [-0.4, -0.2) is 33.0 Å². The molecule has 1 heterocycles. The Morgan fingerprint density at radius 2 is 1.86 bits per heavy atom. The zero-order valence-corrected chi connectivity index (χ0v) is 19.3. The summed E-state index contributed by atoms with van der Waals surface area (Å²) in [4.78, 5) is 2.76. The van der Waals surface area contributed by atoms with Gasteiger partial charge in [-0.1, -0.05) is 25.5 Å². The molecule has 0 saturated carbocycles. The van der Waals surface area contributed by atoms with Gasteiger partial charge in [-0.15, -0.1) is 9.24 Å². The van der Waals surface area contributed by atoms with E-state index in [9.17, 15) is 12.8 Å². The molecule has 3 nitrogen and oxygen atoms in total. The number of benzene rings is 2. The van der Waals surface area contributed by atoms with Crippen LogP contribution in [-0.2, 0) is 16.3 Å². The summed E-state index contributed by atoms with van der Waals surface area (Å²) in [5.74, 6) is 0.230. The standard InChI is InChI=1S/C23H31FNO2PS/c1-3-25-13-11-18(12-14-25)5-4-6-19-15-21(9-7-17(19)2)29(26,27)23-16-20(24)8-10-22(23)28/h7-10,15-16,18H,3-6,11-14,28H2,1-2H3. The van der Waals surface area contributed by atoms with E-state index in [1.54, 1.807) is 12.1 Å². The van der Waals surface area contributed by atoms with E-state index in [1.165, 1.54) is 44.5 Å². The molecule has 0 aromatic heterocycles. The lowest BCUT2D eigenvalue weighted by Crippen LogP contribution is -2.33. The predicted octanol–water partition coefficient (Wildman–Crippen LogP) is 4.52. The Bertz CT molecular complexity index is 953. The van der Waals surface area contributed by atoms with Gasteiger partial charge in [0.15, 0.2) is 0 Å². The average molecular weight is 436 g/mol. The SMILES string of the molecule is CCN1CCC(CCCc2cc(S(=O)(=O)c3cc(F)ccc3P)ccc2C)CC1. The van der Waals surface area contributed by atoms with Gasteiger partial charge in [-0.05, 0) is 98.9 Å². The predicted molar refractivity (Wildman–Crippen MR) is 120 cm³/mol. The van der Waals surface area contributed by atoms with Crippen LogP contribution in [0.15, 0.2) is 46.2 Å². The van der Waals surface area contributed by atoms with E-state index in [2.05, 4.69) is 21.1 Å². The van der Waals surface area contributed by atoms with E-state index in [1.807, 2.05) is 13.0 Å². The fourth-order valence-electron chi connectivity index (χ4n) is 4.12. The first kappa shape index (κ1) is 22.4. The van der Waals surface area contributed by atoms with Crippen LogP contribution >= 0.6 is 9.24 Å². The molecule has 6 heteroatoms. The summed E-state index contributed by atoms with van der Waals surface area (Å²) in [5, 5.41) is 0.479. The maximum Gasteiger partial charge on any atom is 0.207 e. The number of likely N-dealkylation sites (tertiary alicyclic amines) is 1. The summed E-state index contributed by atoms with van der Waals surface area (Å²) in [6.45, 7) is 7.76. The fraction of sp³-hybridized carbons (Fsp3) is 0.478. The smallest absolute Gasteiger partial charge is 0.207 e. The molecule has 1 unspecified atom stereocenters. The summed E-state index contributed by atoms with van der Waals surface area (Å²) < 4.78 is 39.8. The molecule has 0 bridgehead atoms. The molecule has 1 aliphatic heterocycles. The molecule has 2 aromatic carbocycles. The van der Waals surface area contributed by atoms with Gasteiger partial charge in [-0.2, -0.15) is 0 Å². The van der Waals surface area contributed by atoms with Crippen molar-refractivity contribution in [2.45, 2.75) is 55.7 Å². The van der Waals surface area contributed by atoms with Gasteiger partial charge in [0.05, 0.1) is 9.79 Å². The molecule has 158 valence electrons. The lowest BCUT2D eigenvalue weighted by molar-refractivity contribution is 0.185. The highest BCUT2D eigenvalue weighted by Crippen LogP contribution is 2.26. The van der Waals surface area contributed by atoms with Gasteiger partial charge in [0.25, 0.3) is 0 Å². The third kappa shape index (κ3) is 5.45. The largest absolute Gasteiger partial charge is 0.304 e. The highest BCUT2D eigenvalue weighted by Gasteiger charge is 2.22. The van der Waals surface area contributed by atoms with Crippen LogP contribution in [0.1, 0.15) is 43.7 Å². The van der Waals surface area contributed by atoms with E-state index < -0.39 is 15.7 Å². The summed E-state index contributed by atoms with van der Waals surface area (Å²) in [7, 11) is -1.37. The second-order valence-corrected chi connectivity index (χ2v) is 10.6. The Hall–Kier alpha value is -1.29. The molecule has 0 amide bonds. The van der Waals surface area contributed by atoms with E-state index in [-0.39, 0.29) is 9.79 Å². The number of piperidine rings is 1. The van der Waals surface area contributed by atoms with Crippen LogP contribution in [0.5, 0.6) is 0 Å². The zero-order chi connectivity index (χ0) is 21.0. The Morgan fingerprint density at radius 1 is 1.14 bits per heavy atom. The first-order chi connectivity index (χ1) is 13.8. The number of nitrogens with zero attached hydrogens (tertiary/aromatic N) is 1. The topological polar surface area (TPSA) is 37.4 Å². The minimum atomic E-state index is -3.75. The molecule has 1 atom stereocenters. The number of halogens is 1. The number of hydrogen-bond acceptors (Lipinski definition) is 3. The van der Waals surface area contributed by atoms with Crippen molar-refractivity contribution in [3.8, 4) is 0 Å². The van der Waals surface area contributed by atoms with Crippen molar-refractivity contribution < 1.29 is 12.8 Å². The normalized spacial score (nSPS) is 16.3. The van der Waals surface area contributed by atoms with Crippen molar-refractivity contribution in [1.29, 1.82) is 0 Å². The van der Waals surface area contributed by atoms with Crippen molar-refractivity contribution in [1.82, 2.24) is 4.90 Å². The van der Waals surface area contributed by atoms with Crippen LogP contribution in [0.4, 0.5) is 4.39 Å². The van der Waals surface area contributed by atoms with Crippen LogP contribution in [0, 0.1) is 18.7 Å². The first-order valence-electron chi connectivity index (χ1n) is 10.4. The Kier molecular flexibility index (Phi) is 7.47. The molecule has 29 heavy (non-hydrogen) atoms. The van der Waals surface area contributed by atoms with Gasteiger partial charge >= 0.3 is 0 Å². The number of aryl methyl sites for hydroxylation is 2. The maximum absolute atomic E-state index is 13.7. The third-order valence-corrected chi connectivity index (χ3v) is 8.63. The molecular formula is C23H31FNO2PS. The molecule has 2 aromatic rings. The fourth-order valence-corrected chi connectivity index (χ4v) is 6.21. The molecule has 0 N–H and O–H groups in total. The van der Waals surface area contributed by atoms with Crippen LogP contribution in [0.3, 0.4) is 0 Å².